The van der Waals surface area contributed by atoms with Crippen molar-refractivity contribution in [3.05, 3.63) is 30.0 Å². The number of likely N-dealkylation sites (N-methyl/N-ethyl adjacent to an activating group) is 1. The Labute approximate surface area is 189 Å². The molecule has 0 saturated heterocycles. The number of nitrogens with zero attached hydrogens (tertiary/aromatic N) is 4. The molecule has 0 spiro atoms. The maximum Gasteiger partial charge on any atom is 0.238 e. The number of fused-ring (bicyclic) bond motifs is 1. The highest BCUT2D eigenvalue weighted by molar-refractivity contribution is 7.91. The molecule has 1 aromatic carbocycles. The Morgan fingerprint density at radius 1 is 1.28 bits per heavy atom. The van der Waals surface area contributed by atoms with E-state index in [0.29, 0.717) is 22.7 Å². The van der Waals surface area contributed by atoms with Crippen molar-refractivity contribution in [2.45, 2.75) is 31.6 Å². The summed E-state index contributed by atoms with van der Waals surface area (Å²) in [6, 6.07) is 7.62. The van der Waals surface area contributed by atoms with E-state index in [4.69, 9.17) is 0 Å². The minimum Gasteiger partial charge on any atom is -0.396 e. The number of thiazole rings is 1. The fraction of sp³-hybridized carbons (Fsp3) is 0.450. The van der Waals surface area contributed by atoms with Gasteiger partial charge in [-0.3, -0.25) is 4.72 Å². The highest BCUT2D eigenvalue weighted by Gasteiger charge is 2.50. The van der Waals surface area contributed by atoms with Crippen molar-refractivity contribution in [2.75, 3.05) is 29.5 Å². The Morgan fingerprint density at radius 2 is 2.00 bits per heavy atom. The number of aliphatic hydroxyl groups is 3. The fourth-order valence-electron chi connectivity index (χ4n) is 4.06. The Bertz CT molecular complexity index is 1230. The zero-order valence-electron chi connectivity index (χ0n) is 17.8. The second-order valence-corrected chi connectivity index (χ2v) is 10.8. The van der Waals surface area contributed by atoms with E-state index in [1.54, 1.807) is 14.0 Å². The van der Waals surface area contributed by atoms with Gasteiger partial charge in [0.15, 0.2) is 5.72 Å². The number of hydrogen-bond acceptors (Lipinski definition) is 10. The first-order valence-corrected chi connectivity index (χ1v) is 12.7. The summed E-state index contributed by atoms with van der Waals surface area (Å²) in [6.07, 6.45) is 0.402. The smallest absolute Gasteiger partial charge is 0.238 e. The number of benzene rings is 1. The first-order chi connectivity index (χ1) is 15.0. The Morgan fingerprint density at radius 3 is 2.62 bits per heavy atom. The standard InChI is InChI=1S/C20H25N5O5S2/c1-11-15(18-22-13-6-4-5-7-14(13)31-18)17(23-19(21-11)24-32(3,29)30)25(2)20(28)9-8-12(10-26)16(20)27/h4-7,12,16,26-28H,8-10H2,1-3H3,(H,21,23,24). The van der Waals surface area contributed by atoms with Crippen LogP contribution in [-0.4, -0.2) is 70.4 Å². The number of aliphatic hydroxyl groups excluding tert-OH is 2. The molecule has 0 radical (unpaired) electrons. The third kappa shape index (κ3) is 4.04. The largest absolute Gasteiger partial charge is 0.396 e. The topological polar surface area (TPSA) is 149 Å². The second-order valence-electron chi connectivity index (χ2n) is 8.06. The van der Waals surface area contributed by atoms with Crippen LogP contribution in [0.2, 0.25) is 0 Å². The predicted molar refractivity (Wildman–Crippen MR) is 123 cm³/mol. The summed E-state index contributed by atoms with van der Waals surface area (Å²) in [6.45, 7) is 1.45. The first kappa shape index (κ1) is 22.8. The van der Waals surface area contributed by atoms with Crippen molar-refractivity contribution in [1.82, 2.24) is 15.0 Å². The summed E-state index contributed by atoms with van der Waals surface area (Å²) < 4.78 is 26.8. The number of para-hydroxylation sites is 1. The van der Waals surface area contributed by atoms with Crippen molar-refractivity contribution >= 4 is 43.3 Å². The molecule has 172 valence electrons. The van der Waals surface area contributed by atoms with Gasteiger partial charge in [-0.1, -0.05) is 12.1 Å². The lowest BCUT2D eigenvalue weighted by atomic mass is 10.0. The van der Waals surface area contributed by atoms with Crippen LogP contribution in [0.25, 0.3) is 20.8 Å². The molecule has 0 amide bonds. The van der Waals surface area contributed by atoms with Crippen molar-refractivity contribution in [3.63, 3.8) is 0 Å². The normalized spacial score (nSPS) is 23.6. The van der Waals surface area contributed by atoms with E-state index < -0.39 is 27.8 Å². The Hall–Kier alpha value is -2.38. The molecule has 4 rings (SSSR count). The van der Waals surface area contributed by atoms with Crippen LogP contribution in [0, 0.1) is 12.8 Å². The van der Waals surface area contributed by atoms with Gasteiger partial charge in [-0.05, 0) is 31.9 Å². The van der Waals surface area contributed by atoms with Crippen LogP contribution in [0.1, 0.15) is 18.5 Å². The van der Waals surface area contributed by atoms with E-state index in [2.05, 4.69) is 19.7 Å². The molecule has 3 aromatic rings. The molecular formula is C20H25N5O5S2. The lowest BCUT2D eigenvalue weighted by Gasteiger charge is -2.39. The highest BCUT2D eigenvalue weighted by atomic mass is 32.2. The number of nitrogens with one attached hydrogen (secondary N) is 1. The van der Waals surface area contributed by atoms with Gasteiger partial charge in [0.1, 0.15) is 16.9 Å². The van der Waals surface area contributed by atoms with Crippen molar-refractivity contribution in [2.24, 2.45) is 5.92 Å². The van der Waals surface area contributed by atoms with Gasteiger partial charge >= 0.3 is 0 Å². The number of sulfonamides is 1. The average molecular weight is 480 g/mol. The molecule has 3 atom stereocenters. The van der Waals surface area contributed by atoms with Gasteiger partial charge in [0.2, 0.25) is 16.0 Å². The van der Waals surface area contributed by atoms with Crippen LogP contribution in [0.5, 0.6) is 0 Å². The molecule has 4 N–H and O–H groups in total. The molecule has 32 heavy (non-hydrogen) atoms. The van der Waals surface area contributed by atoms with Gasteiger partial charge in [0, 0.05) is 19.6 Å². The van der Waals surface area contributed by atoms with Gasteiger partial charge in [-0.2, -0.15) is 4.98 Å². The third-order valence-electron chi connectivity index (χ3n) is 5.79. The summed E-state index contributed by atoms with van der Waals surface area (Å²) in [5.74, 6) is -0.403. The first-order valence-electron chi connectivity index (χ1n) is 10.0. The van der Waals surface area contributed by atoms with Crippen LogP contribution >= 0.6 is 11.3 Å². The van der Waals surface area contributed by atoms with Gasteiger partial charge in [0.05, 0.1) is 27.7 Å². The molecule has 0 aliphatic heterocycles. The molecule has 2 aromatic heterocycles. The SMILES string of the molecule is Cc1nc(NS(C)(=O)=O)nc(N(C)C2(O)CCC(CO)C2O)c1-c1nc2ccccc2s1. The summed E-state index contributed by atoms with van der Waals surface area (Å²) in [5.41, 5.74) is 0.0728. The Balaban J connectivity index is 1.89. The van der Waals surface area contributed by atoms with E-state index in [9.17, 15) is 23.7 Å². The zero-order valence-corrected chi connectivity index (χ0v) is 19.5. The molecule has 3 unspecified atom stereocenters. The lowest BCUT2D eigenvalue weighted by Crippen LogP contribution is -2.54. The van der Waals surface area contributed by atoms with E-state index >= 15 is 0 Å². The van der Waals surface area contributed by atoms with Crippen molar-refractivity contribution in [3.8, 4) is 10.6 Å². The lowest BCUT2D eigenvalue weighted by molar-refractivity contribution is -0.0720. The monoisotopic (exact) mass is 479 g/mol. The molecule has 1 aliphatic rings. The van der Waals surface area contributed by atoms with E-state index in [-0.39, 0.29) is 24.8 Å². The van der Waals surface area contributed by atoms with Crippen LogP contribution in [0.4, 0.5) is 11.8 Å². The Kier molecular flexibility index (Phi) is 5.84. The summed E-state index contributed by atoms with van der Waals surface area (Å²) in [4.78, 5) is 14.8. The van der Waals surface area contributed by atoms with Gasteiger partial charge in [-0.15, -0.1) is 11.3 Å². The quantitative estimate of drug-likeness (QED) is 0.384. The number of aryl methyl sites for hydroxylation is 1. The molecule has 0 bridgehead atoms. The number of rotatable bonds is 6. The molecule has 1 saturated carbocycles. The third-order valence-corrected chi connectivity index (χ3v) is 7.40. The predicted octanol–water partition coefficient (Wildman–Crippen LogP) is 1.32. The molecular weight excluding hydrogens is 454 g/mol. The van der Waals surface area contributed by atoms with Crippen molar-refractivity contribution < 1.29 is 23.7 Å². The molecule has 12 heteroatoms. The van der Waals surface area contributed by atoms with Crippen LogP contribution in [0.15, 0.2) is 24.3 Å². The maximum absolute atomic E-state index is 11.8. The van der Waals surface area contributed by atoms with Crippen LogP contribution in [0.3, 0.4) is 0 Å². The summed E-state index contributed by atoms with van der Waals surface area (Å²) >= 11 is 1.42. The highest BCUT2D eigenvalue weighted by Crippen LogP contribution is 2.43. The molecule has 1 aliphatic carbocycles. The van der Waals surface area contributed by atoms with Gasteiger partial charge < -0.3 is 20.2 Å². The zero-order chi connectivity index (χ0) is 23.3. The average Bonchev–Trinajstić information content (AvgIpc) is 3.27. The van der Waals surface area contributed by atoms with E-state index in [1.807, 2.05) is 24.3 Å². The van der Waals surface area contributed by atoms with Crippen LogP contribution in [-0.2, 0) is 10.0 Å². The van der Waals surface area contributed by atoms with Crippen LogP contribution < -0.4 is 9.62 Å². The minimum atomic E-state index is -3.64. The maximum atomic E-state index is 11.8. The van der Waals surface area contributed by atoms with Gasteiger partial charge in [0.25, 0.3) is 0 Å². The fourth-order valence-corrected chi connectivity index (χ4v) is 5.54. The minimum absolute atomic E-state index is 0.147. The second kappa shape index (κ2) is 8.19. The van der Waals surface area contributed by atoms with Crippen molar-refractivity contribution in [1.29, 1.82) is 0 Å². The summed E-state index contributed by atoms with van der Waals surface area (Å²) in [5, 5.41) is 32.2. The number of anilines is 2. The summed E-state index contributed by atoms with van der Waals surface area (Å²) in [7, 11) is -2.07. The molecule has 1 fully saturated rings. The number of aromatic nitrogens is 3. The molecule has 10 nitrogen and oxygen atoms in total. The number of hydrogen-bond donors (Lipinski definition) is 4. The van der Waals surface area contributed by atoms with E-state index in [0.717, 1.165) is 16.5 Å². The van der Waals surface area contributed by atoms with Gasteiger partial charge in [-0.25, -0.2) is 18.4 Å². The van der Waals surface area contributed by atoms with E-state index in [1.165, 1.54) is 16.2 Å². The molecule has 2 heterocycles.